The van der Waals surface area contributed by atoms with Gasteiger partial charge in [0.1, 0.15) is 0 Å². The molecule has 1 aromatic carbocycles. The lowest BCUT2D eigenvalue weighted by Crippen LogP contribution is -2.26. The van der Waals surface area contributed by atoms with Gasteiger partial charge in [0.05, 0.1) is 12.5 Å². The Morgan fingerprint density at radius 1 is 1.47 bits per heavy atom. The minimum absolute atomic E-state index is 0.393. The maximum absolute atomic E-state index is 8.78. The molecule has 1 saturated carbocycles. The zero-order chi connectivity index (χ0) is 12.3. The summed E-state index contributed by atoms with van der Waals surface area (Å²) in [5.41, 5.74) is 8.76. The van der Waals surface area contributed by atoms with E-state index in [1.165, 1.54) is 18.5 Å². The molecule has 1 aliphatic carbocycles. The average molecular weight is 229 g/mol. The molecule has 0 atom stereocenters. The van der Waals surface area contributed by atoms with E-state index in [-0.39, 0.29) is 0 Å². The van der Waals surface area contributed by atoms with Gasteiger partial charge in [-0.3, -0.25) is 0 Å². The Morgan fingerprint density at radius 2 is 2.24 bits per heavy atom. The molecule has 0 radical (unpaired) electrons. The van der Waals surface area contributed by atoms with E-state index in [2.05, 4.69) is 30.0 Å². The molecule has 0 bridgehead atoms. The molecular weight excluding hydrogens is 210 g/mol. The molecule has 0 aromatic heterocycles. The predicted octanol–water partition coefficient (Wildman–Crippen LogP) is 2.71. The largest absolute Gasteiger partial charge is 0.398 e. The summed E-state index contributed by atoms with van der Waals surface area (Å²) in [4.78, 5) is 2.44. The Labute approximate surface area is 103 Å². The molecule has 0 amide bonds. The number of nitrogen functional groups attached to an aromatic ring is 1. The predicted molar refractivity (Wildman–Crippen MR) is 70.8 cm³/mol. The third-order valence-corrected chi connectivity index (χ3v) is 3.18. The van der Waals surface area contributed by atoms with E-state index in [4.69, 9.17) is 11.0 Å². The van der Waals surface area contributed by atoms with Crippen LogP contribution in [0.3, 0.4) is 0 Å². The highest BCUT2D eigenvalue weighted by molar-refractivity contribution is 5.60. The van der Waals surface area contributed by atoms with Gasteiger partial charge in [-0.25, -0.2) is 0 Å². The summed E-state index contributed by atoms with van der Waals surface area (Å²) < 4.78 is 0. The highest BCUT2D eigenvalue weighted by atomic mass is 15.2. The molecule has 0 unspecified atom stereocenters. The molecule has 0 saturated heterocycles. The fourth-order valence-corrected chi connectivity index (χ4v) is 2.16. The number of anilines is 2. The van der Waals surface area contributed by atoms with Crippen molar-refractivity contribution in [3.8, 4) is 6.07 Å². The standard InChI is InChI=1S/C14H19N3/c1-2-9-17(12-3-4-12)13-5-6-14(16)11(10-13)7-8-15/h5-6,10,12H,2-4,7,9,16H2,1H3. The topological polar surface area (TPSA) is 53.0 Å². The van der Waals surface area contributed by atoms with Gasteiger partial charge < -0.3 is 10.6 Å². The van der Waals surface area contributed by atoms with E-state index in [9.17, 15) is 0 Å². The zero-order valence-electron chi connectivity index (χ0n) is 10.3. The van der Waals surface area contributed by atoms with Crippen LogP contribution in [0.25, 0.3) is 0 Å². The van der Waals surface area contributed by atoms with Gasteiger partial charge in [-0.15, -0.1) is 0 Å². The number of hydrogen-bond acceptors (Lipinski definition) is 3. The first kappa shape index (κ1) is 11.8. The number of hydrogen-bond donors (Lipinski definition) is 1. The Hall–Kier alpha value is -1.69. The Bertz CT molecular complexity index is 430. The van der Waals surface area contributed by atoms with Crippen LogP contribution in [0.5, 0.6) is 0 Å². The molecule has 3 heteroatoms. The zero-order valence-corrected chi connectivity index (χ0v) is 10.3. The summed E-state index contributed by atoms with van der Waals surface area (Å²) in [6.07, 6.45) is 4.12. The molecule has 0 aliphatic heterocycles. The van der Waals surface area contributed by atoms with Crippen LogP contribution in [0.4, 0.5) is 11.4 Å². The van der Waals surface area contributed by atoms with E-state index < -0.39 is 0 Å². The van der Waals surface area contributed by atoms with E-state index in [1.54, 1.807) is 0 Å². The van der Waals surface area contributed by atoms with Crippen molar-refractivity contribution in [1.29, 1.82) is 5.26 Å². The first-order valence-electron chi connectivity index (χ1n) is 6.28. The number of nitrogens with two attached hydrogens (primary N) is 1. The van der Waals surface area contributed by atoms with Gasteiger partial charge >= 0.3 is 0 Å². The number of nitriles is 1. The van der Waals surface area contributed by atoms with E-state index in [0.29, 0.717) is 12.5 Å². The molecule has 1 aliphatic rings. The van der Waals surface area contributed by atoms with Gasteiger partial charge in [0.25, 0.3) is 0 Å². The SMILES string of the molecule is CCCN(c1ccc(N)c(CC#N)c1)C1CC1. The van der Waals surface area contributed by atoms with Gasteiger partial charge in [-0.1, -0.05) is 6.92 Å². The Morgan fingerprint density at radius 3 is 2.82 bits per heavy atom. The fourth-order valence-electron chi connectivity index (χ4n) is 2.16. The summed E-state index contributed by atoms with van der Waals surface area (Å²) in [5, 5.41) is 8.78. The van der Waals surface area contributed by atoms with Crippen molar-refractivity contribution in [2.45, 2.75) is 38.6 Å². The van der Waals surface area contributed by atoms with Crippen LogP contribution in [-0.2, 0) is 6.42 Å². The lowest BCUT2D eigenvalue weighted by molar-refractivity contribution is 0.763. The highest BCUT2D eigenvalue weighted by Crippen LogP contribution is 2.33. The maximum atomic E-state index is 8.78. The smallest absolute Gasteiger partial charge is 0.0670 e. The van der Waals surface area contributed by atoms with Gasteiger partial charge in [0.15, 0.2) is 0 Å². The van der Waals surface area contributed by atoms with Crippen molar-refractivity contribution >= 4 is 11.4 Å². The van der Waals surface area contributed by atoms with E-state index in [0.717, 1.165) is 24.2 Å². The summed E-state index contributed by atoms with van der Waals surface area (Å²) >= 11 is 0. The van der Waals surface area contributed by atoms with Crippen LogP contribution in [0.2, 0.25) is 0 Å². The number of rotatable bonds is 5. The fraction of sp³-hybridized carbons (Fsp3) is 0.500. The second-order valence-electron chi connectivity index (χ2n) is 4.64. The molecule has 3 nitrogen and oxygen atoms in total. The Kier molecular flexibility index (Phi) is 3.53. The van der Waals surface area contributed by atoms with Crippen molar-refractivity contribution in [3.63, 3.8) is 0 Å². The van der Waals surface area contributed by atoms with Crippen molar-refractivity contribution < 1.29 is 0 Å². The molecular formula is C14H19N3. The third-order valence-electron chi connectivity index (χ3n) is 3.18. The average Bonchev–Trinajstić information content (AvgIpc) is 3.14. The van der Waals surface area contributed by atoms with Gasteiger partial charge in [-0.05, 0) is 43.0 Å². The maximum Gasteiger partial charge on any atom is 0.0670 e. The molecule has 0 spiro atoms. The van der Waals surface area contributed by atoms with Crippen molar-refractivity contribution in [2.24, 2.45) is 0 Å². The van der Waals surface area contributed by atoms with Crippen LogP contribution in [-0.4, -0.2) is 12.6 Å². The first-order valence-corrected chi connectivity index (χ1v) is 6.28. The highest BCUT2D eigenvalue weighted by Gasteiger charge is 2.28. The molecule has 2 rings (SSSR count). The van der Waals surface area contributed by atoms with Crippen LogP contribution in [0, 0.1) is 11.3 Å². The molecule has 2 N–H and O–H groups in total. The second kappa shape index (κ2) is 5.09. The van der Waals surface area contributed by atoms with Crippen molar-refractivity contribution in [2.75, 3.05) is 17.2 Å². The van der Waals surface area contributed by atoms with Crippen LogP contribution in [0.1, 0.15) is 31.7 Å². The molecule has 1 aromatic rings. The van der Waals surface area contributed by atoms with Crippen LogP contribution in [0.15, 0.2) is 18.2 Å². The normalized spacial score (nSPS) is 14.4. The van der Waals surface area contributed by atoms with E-state index >= 15 is 0 Å². The van der Waals surface area contributed by atoms with Crippen LogP contribution >= 0.6 is 0 Å². The minimum atomic E-state index is 0.393. The summed E-state index contributed by atoms with van der Waals surface area (Å²) in [6, 6.07) is 8.94. The van der Waals surface area contributed by atoms with Gasteiger partial charge in [0.2, 0.25) is 0 Å². The lowest BCUT2D eigenvalue weighted by atomic mass is 10.1. The van der Waals surface area contributed by atoms with Gasteiger partial charge in [-0.2, -0.15) is 5.26 Å². The summed E-state index contributed by atoms with van der Waals surface area (Å²) in [7, 11) is 0. The van der Waals surface area contributed by atoms with Crippen molar-refractivity contribution in [3.05, 3.63) is 23.8 Å². The molecule has 17 heavy (non-hydrogen) atoms. The molecule has 0 heterocycles. The van der Waals surface area contributed by atoms with E-state index in [1.807, 2.05) is 6.07 Å². The minimum Gasteiger partial charge on any atom is -0.398 e. The number of benzene rings is 1. The van der Waals surface area contributed by atoms with Crippen molar-refractivity contribution in [1.82, 2.24) is 0 Å². The monoisotopic (exact) mass is 229 g/mol. The number of nitrogens with zero attached hydrogens (tertiary/aromatic N) is 2. The molecule has 90 valence electrons. The summed E-state index contributed by atoms with van der Waals surface area (Å²) in [6.45, 7) is 3.28. The van der Waals surface area contributed by atoms with Gasteiger partial charge in [0, 0.05) is 24.0 Å². The Balaban J connectivity index is 2.24. The second-order valence-corrected chi connectivity index (χ2v) is 4.64. The quantitative estimate of drug-likeness (QED) is 0.790. The third kappa shape index (κ3) is 2.71. The van der Waals surface area contributed by atoms with Crippen LogP contribution < -0.4 is 10.6 Å². The summed E-state index contributed by atoms with van der Waals surface area (Å²) in [5.74, 6) is 0. The first-order chi connectivity index (χ1) is 8.26. The lowest BCUT2D eigenvalue weighted by Gasteiger charge is -2.25. The molecule has 1 fully saturated rings.